The Balaban J connectivity index is 2.19. The highest BCUT2D eigenvalue weighted by molar-refractivity contribution is 5.92. The number of likely N-dealkylation sites (tertiary alicyclic amines) is 1. The molecule has 4 nitrogen and oxygen atoms in total. The molecule has 1 aliphatic rings. The Kier molecular flexibility index (Phi) is 3.31. The number of carbonyl (C=O) groups excluding carboxylic acids is 1. The second-order valence-corrected chi connectivity index (χ2v) is 4.81. The smallest absolute Gasteiger partial charge is 0.272 e. The van der Waals surface area contributed by atoms with E-state index >= 15 is 0 Å². The molecule has 1 saturated heterocycles. The summed E-state index contributed by atoms with van der Waals surface area (Å²) in [6, 6.07) is 5.47. The predicted octanol–water partition coefficient (Wildman–Crippen LogP) is 1.92. The molecule has 92 valence electrons. The quantitative estimate of drug-likeness (QED) is 0.806. The van der Waals surface area contributed by atoms with E-state index in [9.17, 15) is 4.79 Å². The molecule has 0 aromatic carbocycles. The minimum atomic E-state index is -0.00338. The third-order valence-corrected chi connectivity index (χ3v) is 3.62. The molecule has 0 aliphatic carbocycles. The maximum Gasteiger partial charge on any atom is 0.272 e. The Labute approximate surface area is 102 Å². The minimum Gasteiger partial charge on any atom is -0.384 e. The molecular formula is C13H19N3O. The van der Waals surface area contributed by atoms with Gasteiger partial charge in [0.25, 0.3) is 5.91 Å². The van der Waals surface area contributed by atoms with Crippen LogP contribution in [0.25, 0.3) is 0 Å². The summed E-state index contributed by atoms with van der Waals surface area (Å²) in [5.74, 6) is 0.943. The van der Waals surface area contributed by atoms with Crippen LogP contribution in [0.3, 0.4) is 0 Å². The van der Waals surface area contributed by atoms with Gasteiger partial charge in [-0.05, 0) is 37.8 Å². The third-order valence-electron chi connectivity index (χ3n) is 3.62. The van der Waals surface area contributed by atoms with E-state index in [-0.39, 0.29) is 11.9 Å². The lowest BCUT2D eigenvalue weighted by atomic mass is 9.92. The monoisotopic (exact) mass is 233 g/mol. The Bertz CT molecular complexity index is 419. The predicted molar refractivity (Wildman–Crippen MR) is 67.5 cm³/mol. The summed E-state index contributed by atoms with van der Waals surface area (Å²) < 4.78 is 0. The van der Waals surface area contributed by atoms with Crippen molar-refractivity contribution in [1.82, 2.24) is 9.88 Å². The van der Waals surface area contributed by atoms with E-state index in [0.29, 0.717) is 17.4 Å². The van der Waals surface area contributed by atoms with E-state index in [4.69, 9.17) is 5.73 Å². The van der Waals surface area contributed by atoms with Gasteiger partial charge in [0.05, 0.1) is 0 Å². The summed E-state index contributed by atoms with van der Waals surface area (Å²) in [6.45, 7) is 5.12. The van der Waals surface area contributed by atoms with Gasteiger partial charge >= 0.3 is 0 Å². The van der Waals surface area contributed by atoms with Crippen LogP contribution >= 0.6 is 0 Å². The second kappa shape index (κ2) is 4.73. The lowest BCUT2D eigenvalue weighted by Crippen LogP contribution is -2.46. The highest BCUT2D eigenvalue weighted by atomic mass is 16.2. The van der Waals surface area contributed by atoms with Crippen LogP contribution in [0, 0.1) is 5.92 Å². The number of aromatic nitrogens is 1. The fourth-order valence-electron chi connectivity index (χ4n) is 2.34. The average Bonchev–Trinajstić information content (AvgIpc) is 2.32. The number of amides is 1. The van der Waals surface area contributed by atoms with Crippen LogP contribution in [0.4, 0.5) is 5.82 Å². The molecule has 2 heterocycles. The van der Waals surface area contributed by atoms with Gasteiger partial charge in [-0.25, -0.2) is 4.98 Å². The largest absolute Gasteiger partial charge is 0.384 e. The van der Waals surface area contributed by atoms with Crippen molar-refractivity contribution in [3.63, 3.8) is 0 Å². The Morgan fingerprint density at radius 2 is 2.24 bits per heavy atom. The molecule has 0 unspecified atom stereocenters. The third kappa shape index (κ3) is 2.40. The van der Waals surface area contributed by atoms with E-state index in [1.54, 1.807) is 18.2 Å². The average molecular weight is 233 g/mol. The van der Waals surface area contributed by atoms with E-state index < -0.39 is 0 Å². The van der Waals surface area contributed by atoms with E-state index in [0.717, 1.165) is 13.0 Å². The highest BCUT2D eigenvalue weighted by Gasteiger charge is 2.29. The summed E-state index contributed by atoms with van der Waals surface area (Å²) in [4.78, 5) is 18.3. The van der Waals surface area contributed by atoms with Crippen molar-refractivity contribution in [1.29, 1.82) is 0 Å². The molecule has 0 radical (unpaired) electrons. The number of anilines is 1. The lowest BCUT2D eigenvalue weighted by Gasteiger charge is -2.37. The molecule has 0 saturated carbocycles. The molecule has 1 aromatic rings. The number of hydrogen-bond acceptors (Lipinski definition) is 3. The summed E-state index contributed by atoms with van der Waals surface area (Å²) in [7, 11) is 0. The molecule has 1 amide bonds. The summed E-state index contributed by atoms with van der Waals surface area (Å²) in [5.41, 5.74) is 6.06. The van der Waals surface area contributed by atoms with Crippen molar-refractivity contribution >= 4 is 11.7 Å². The molecule has 1 aromatic heterocycles. The number of nitrogens with zero attached hydrogens (tertiary/aromatic N) is 2. The molecule has 0 spiro atoms. The number of rotatable bonds is 1. The van der Waals surface area contributed by atoms with Crippen molar-refractivity contribution in [2.24, 2.45) is 5.92 Å². The second-order valence-electron chi connectivity index (χ2n) is 4.81. The molecule has 4 heteroatoms. The Hall–Kier alpha value is -1.58. The van der Waals surface area contributed by atoms with Crippen LogP contribution in [-0.4, -0.2) is 28.4 Å². The van der Waals surface area contributed by atoms with Gasteiger partial charge in [0.2, 0.25) is 0 Å². The molecule has 2 N–H and O–H groups in total. The van der Waals surface area contributed by atoms with Crippen LogP contribution in [0.5, 0.6) is 0 Å². The van der Waals surface area contributed by atoms with Gasteiger partial charge in [0, 0.05) is 12.6 Å². The van der Waals surface area contributed by atoms with Gasteiger partial charge in [0.15, 0.2) is 0 Å². The standard InChI is InChI=1S/C13H19N3O/c1-9-5-4-8-16(10(9)2)13(17)11-6-3-7-12(14)15-11/h3,6-7,9-10H,4-5,8H2,1-2H3,(H2,14,15)/t9-,10+/m1/s1. The van der Waals surface area contributed by atoms with Gasteiger partial charge in [-0.3, -0.25) is 4.79 Å². The Morgan fingerprint density at radius 1 is 1.47 bits per heavy atom. The molecule has 0 bridgehead atoms. The van der Waals surface area contributed by atoms with Crippen molar-refractivity contribution in [3.05, 3.63) is 23.9 Å². The number of piperidine rings is 1. The SMILES string of the molecule is C[C@@H]1CCCN(C(=O)c2cccc(N)n2)[C@H]1C. The maximum absolute atomic E-state index is 12.3. The first-order valence-electron chi connectivity index (χ1n) is 6.13. The van der Waals surface area contributed by atoms with Gasteiger partial charge in [-0.2, -0.15) is 0 Å². The zero-order valence-corrected chi connectivity index (χ0v) is 10.4. The first-order chi connectivity index (χ1) is 8.09. The van der Waals surface area contributed by atoms with Crippen LogP contribution in [0.2, 0.25) is 0 Å². The van der Waals surface area contributed by atoms with E-state index in [2.05, 4.69) is 18.8 Å². The summed E-state index contributed by atoms with van der Waals surface area (Å²) in [6.07, 6.45) is 2.26. The lowest BCUT2D eigenvalue weighted by molar-refractivity contribution is 0.0545. The van der Waals surface area contributed by atoms with Crippen molar-refractivity contribution in [2.45, 2.75) is 32.7 Å². The molecule has 1 fully saturated rings. The van der Waals surface area contributed by atoms with Gasteiger partial charge in [0.1, 0.15) is 11.5 Å². The van der Waals surface area contributed by atoms with E-state index in [1.165, 1.54) is 6.42 Å². The zero-order chi connectivity index (χ0) is 12.4. The number of pyridine rings is 1. The molecule has 17 heavy (non-hydrogen) atoms. The van der Waals surface area contributed by atoms with Gasteiger partial charge in [-0.15, -0.1) is 0 Å². The summed E-state index contributed by atoms with van der Waals surface area (Å²) in [5, 5.41) is 0. The minimum absolute atomic E-state index is 0.00338. The summed E-state index contributed by atoms with van der Waals surface area (Å²) >= 11 is 0. The molecule has 2 atom stereocenters. The normalized spacial score (nSPS) is 24.7. The van der Waals surface area contributed by atoms with Gasteiger partial charge < -0.3 is 10.6 Å². The van der Waals surface area contributed by atoms with Crippen molar-refractivity contribution < 1.29 is 4.79 Å². The maximum atomic E-state index is 12.3. The zero-order valence-electron chi connectivity index (χ0n) is 10.4. The molecule has 1 aliphatic heterocycles. The number of carbonyl (C=O) groups is 1. The highest BCUT2D eigenvalue weighted by Crippen LogP contribution is 2.24. The number of nitrogen functional groups attached to an aromatic ring is 1. The molecular weight excluding hydrogens is 214 g/mol. The van der Waals surface area contributed by atoms with Crippen LogP contribution in [0.15, 0.2) is 18.2 Å². The fourth-order valence-corrected chi connectivity index (χ4v) is 2.34. The van der Waals surface area contributed by atoms with Crippen molar-refractivity contribution in [3.8, 4) is 0 Å². The van der Waals surface area contributed by atoms with Gasteiger partial charge in [-0.1, -0.05) is 13.0 Å². The van der Waals surface area contributed by atoms with Crippen LogP contribution in [0.1, 0.15) is 37.2 Å². The van der Waals surface area contributed by atoms with Crippen molar-refractivity contribution in [2.75, 3.05) is 12.3 Å². The van der Waals surface area contributed by atoms with Crippen LogP contribution in [-0.2, 0) is 0 Å². The number of hydrogen-bond donors (Lipinski definition) is 1. The first-order valence-corrected chi connectivity index (χ1v) is 6.13. The molecule has 2 rings (SSSR count). The fraction of sp³-hybridized carbons (Fsp3) is 0.538. The first kappa shape index (κ1) is 11.9. The topological polar surface area (TPSA) is 59.2 Å². The van der Waals surface area contributed by atoms with Crippen LogP contribution < -0.4 is 5.73 Å². The Morgan fingerprint density at radius 3 is 2.94 bits per heavy atom. The van der Waals surface area contributed by atoms with E-state index in [1.807, 2.05) is 4.90 Å². The number of nitrogens with two attached hydrogens (primary N) is 1.